The van der Waals surface area contributed by atoms with Crippen LogP contribution in [0.5, 0.6) is 0 Å². The fraction of sp³-hybridized carbons (Fsp3) is 0.444. The average Bonchev–Trinajstić information content (AvgIpc) is 2.34. The summed E-state index contributed by atoms with van der Waals surface area (Å²) in [7, 11) is 1.22. The molecule has 1 unspecified atom stereocenters. The number of carbonyl (C=O) groups is 2. The minimum Gasteiger partial charge on any atom is -0.464 e. The number of thioether (sulfide) groups is 1. The zero-order chi connectivity index (χ0) is 11.9. The molecule has 6 nitrogen and oxygen atoms in total. The van der Waals surface area contributed by atoms with Crippen LogP contribution < -0.4 is 0 Å². The van der Waals surface area contributed by atoms with Crippen LogP contribution in [0, 0.1) is 49.5 Å². The van der Waals surface area contributed by atoms with Crippen molar-refractivity contribution in [3.05, 3.63) is 11.3 Å². The second-order valence-corrected chi connectivity index (χ2v) is 4.42. The van der Waals surface area contributed by atoms with Gasteiger partial charge in [-0.3, -0.25) is 15.1 Å². The van der Waals surface area contributed by atoms with E-state index in [9.17, 15) is 9.59 Å². The summed E-state index contributed by atoms with van der Waals surface area (Å²) in [5.41, 5.74) is 0.548. The number of esters is 1. The number of aliphatic hydroxyl groups excluding tert-OH is 1. The van der Waals surface area contributed by atoms with Gasteiger partial charge in [0.1, 0.15) is 16.8 Å². The molecule has 1 radical (unpaired) electrons. The van der Waals surface area contributed by atoms with E-state index in [1.54, 1.807) is 0 Å². The Bertz CT molecular complexity index is 423. The van der Waals surface area contributed by atoms with Gasteiger partial charge in [0.05, 0.1) is 13.7 Å². The van der Waals surface area contributed by atoms with Gasteiger partial charge in [-0.25, -0.2) is 4.79 Å². The molecule has 2 aliphatic rings. The van der Waals surface area contributed by atoms with Crippen LogP contribution in [-0.2, 0) is 14.3 Å². The van der Waals surface area contributed by atoms with Crippen LogP contribution in [0.3, 0.4) is 0 Å². The number of methoxy groups -OCH3 is 1. The van der Waals surface area contributed by atoms with Gasteiger partial charge in [-0.2, -0.15) is 0 Å². The predicted molar refractivity (Wildman–Crippen MR) is 56.9 cm³/mol. The van der Waals surface area contributed by atoms with E-state index in [0.29, 0.717) is 11.3 Å². The van der Waals surface area contributed by atoms with E-state index in [4.69, 9.17) is 10.5 Å². The SMILES string of the molecule is COC(=O)C1=C(CO)CSC2C(=N)C(=O)N12.[Ac]. The van der Waals surface area contributed by atoms with Gasteiger partial charge in [0.2, 0.25) is 0 Å². The van der Waals surface area contributed by atoms with Gasteiger partial charge in [-0.05, 0) is 5.57 Å². The third kappa shape index (κ3) is 2.33. The van der Waals surface area contributed by atoms with Crippen molar-refractivity contribution in [1.29, 1.82) is 5.41 Å². The molecule has 17 heavy (non-hydrogen) atoms. The van der Waals surface area contributed by atoms with Crippen LogP contribution in [0.4, 0.5) is 0 Å². The fourth-order valence-corrected chi connectivity index (χ4v) is 2.86. The molecule has 0 saturated carbocycles. The second kappa shape index (κ2) is 5.83. The van der Waals surface area contributed by atoms with Crippen molar-refractivity contribution < 1.29 is 63.5 Å². The molecule has 2 rings (SSSR count). The molecule has 1 saturated heterocycles. The summed E-state index contributed by atoms with van der Waals surface area (Å²) in [6, 6.07) is 0. The Balaban J connectivity index is 0.00000144. The Morgan fingerprint density at radius 1 is 1.71 bits per heavy atom. The first kappa shape index (κ1) is 15.2. The molecule has 0 aromatic carbocycles. The third-order valence-electron chi connectivity index (χ3n) is 2.49. The number of nitrogens with zero attached hydrogens (tertiary/aromatic N) is 1. The molecule has 2 aliphatic heterocycles. The van der Waals surface area contributed by atoms with Gasteiger partial charge in [-0.1, -0.05) is 0 Å². The van der Waals surface area contributed by atoms with Crippen molar-refractivity contribution in [2.24, 2.45) is 0 Å². The number of β-lactam (4-membered cyclic amide) rings is 1. The van der Waals surface area contributed by atoms with Gasteiger partial charge in [0.25, 0.3) is 5.91 Å². The first-order valence-corrected chi connectivity index (χ1v) is 5.61. The molecule has 2 heterocycles. The molecule has 1 amide bonds. The molecule has 0 aromatic rings. The van der Waals surface area contributed by atoms with Crippen molar-refractivity contribution >= 4 is 29.4 Å². The summed E-state index contributed by atoms with van der Waals surface area (Å²) < 4.78 is 4.58. The number of hydrogen-bond acceptors (Lipinski definition) is 6. The molecule has 8 heteroatoms. The van der Waals surface area contributed by atoms with E-state index in [1.165, 1.54) is 23.8 Å². The van der Waals surface area contributed by atoms with Crippen LogP contribution in [0.1, 0.15) is 0 Å². The molecule has 0 bridgehead atoms. The van der Waals surface area contributed by atoms with E-state index in [1.807, 2.05) is 0 Å². The molecule has 0 aliphatic carbocycles. The van der Waals surface area contributed by atoms with Crippen LogP contribution in [0.25, 0.3) is 0 Å². The molecule has 0 aromatic heterocycles. The second-order valence-electron chi connectivity index (χ2n) is 3.35. The monoisotopic (exact) mass is 469 g/mol. The molecule has 2 N–H and O–H groups in total. The van der Waals surface area contributed by atoms with Gasteiger partial charge in [0.15, 0.2) is 0 Å². The molecule has 0 spiro atoms. The summed E-state index contributed by atoms with van der Waals surface area (Å²) >= 11 is 1.34. The minimum absolute atomic E-state index is 0. The Morgan fingerprint density at radius 3 is 2.88 bits per heavy atom. The smallest absolute Gasteiger partial charge is 0.354 e. The Hall–Kier alpha value is 0.102. The largest absolute Gasteiger partial charge is 0.464 e. The van der Waals surface area contributed by atoms with E-state index in [2.05, 4.69) is 4.74 Å². The summed E-state index contributed by atoms with van der Waals surface area (Å²) in [6.45, 7) is -0.290. The first-order chi connectivity index (χ1) is 7.61. The molecular weight excluding hydrogens is 459 g/mol. The number of ether oxygens (including phenoxy) is 1. The van der Waals surface area contributed by atoms with Gasteiger partial charge in [0, 0.05) is 49.8 Å². The van der Waals surface area contributed by atoms with Crippen molar-refractivity contribution in [3.63, 3.8) is 0 Å². The molecule has 1 fully saturated rings. The van der Waals surface area contributed by atoms with Crippen LogP contribution in [-0.4, -0.2) is 52.4 Å². The normalized spacial score (nSPS) is 22.7. The van der Waals surface area contributed by atoms with Crippen molar-refractivity contribution in [2.75, 3.05) is 19.5 Å². The predicted octanol–water partition coefficient (Wildman–Crippen LogP) is -0.659. The Labute approximate surface area is 138 Å². The quantitative estimate of drug-likeness (QED) is 0.414. The fourth-order valence-electron chi connectivity index (χ4n) is 1.66. The maximum Gasteiger partial charge on any atom is 0.354 e. The standard InChI is InChI=1S/C9H10N2O4S.Ac/c1-15-9(14)6-4(2-12)3-16-8-5(10)7(13)11(6)8;/h8,10,12H,2-3H2,1H3;. The van der Waals surface area contributed by atoms with Crippen LogP contribution in [0.2, 0.25) is 0 Å². The number of aliphatic hydroxyl groups is 1. The van der Waals surface area contributed by atoms with Crippen LogP contribution >= 0.6 is 11.8 Å². The first-order valence-electron chi connectivity index (χ1n) is 4.56. The summed E-state index contributed by atoms with van der Waals surface area (Å²) in [5, 5.41) is 16.1. The van der Waals surface area contributed by atoms with E-state index < -0.39 is 17.3 Å². The summed E-state index contributed by atoms with van der Waals surface area (Å²) in [6.07, 6.45) is 0. The van der Waals surface area contributed by atoms with E-state index in [-0.39, 0.29) is 62.1 Å². The van der Waals surface area contributed by atoms with Crippen molar-refractivity contribution in [3.8, 4) is 0 Å². The zero-order valence-corrected chi connectivity index (χ0v) is 14.7. The maximum atomic E-state index is 11.5. The number of nitrogens with one attached hydrogen (secondary N) is 1. The Morgan fingerprint density at radius 2 is 2.35 bits per heavy atom. The third-order valence-corrected chi connectivity index (χ3v) is 3.77. The number of hydrogen-bond donors (Lipinski definition) is 2. The average molecular weight is 469 g/mol. The summed E-state index contributed by atoms with van der Waals surface area (Å²) in [5.74, 6) is -0.712. The van der Waals surface area contributed by atoms with Gasteiger partial charge in [-0.15, -0.1) is 11.8 Å². The van der Waals surface area contributed by atoms with Crippen molar-refractivity contribution in [2.45, 2.75) is 5.37 Å². The zero-order valence-electron chi connectivity index (χ0n) is 9.10. The van der Waals surface area contributed by atoms with Gasteiger partial charge < -0.3 is 9.84 Å². The number of amides is 1. The summed E-state index contributed by atoms with van der Waals surface area (Å²) in [4.78, 5) is 24.2. The molecule has 1 atom stereocenters. The van der Waals surface area contributed by atoms with E-state index >= 15 is 0 Å². The molecule has 89 valence electrons. The van der Waals surface area contributed by atoms with Crippen LogP contribution in [0.15, 0.2) is 11.3 Å². The Kier molecular flexibility index (Phi) is 5.20. The topological polar surface area (TPSA) is 90.7 Å². The number of fused-ring (bicyclic) bond motifs is 1. The number of rotatable bonds is 2. The minimum atomic E-state index is -0.643. The molecular formula is C9H10AcN2O4S. The van der Waals surface area contributed by atoms with Crippen molar-refractivity contribution in [1.82, 2.24) is 4.90 Å². The van der Waals surface area contributed by atoms with Gasteiger partial charge >= 0.3 is 5.97 Å². The van der Waals surface area contributed by atoms with E-state index in [0.717, 1.165) is 0 Å². The maximum absolute atomic E-state index is 11.5. The number of carbonyl (C=O) groups excluding carboxylic acids is 2.